The average molecular weight is 269 g/mol. The third kappa shape index (κ3) is 3.05. The monoisotopic (exact) mass is 269 g/mol. The van der Waals surface area contributed by atoms with Crippen LogP contribution < -0.4 is 10.6 Å². The van der Waals surface area contributed by atoms with Gasteiger partial charge >= 0.3 is 0 Å². The number of anilines is 1. The second kappa shape index (κ2) is 5.03. The standard InChI is InChI=1S/C11H15N3O3S/c1-18(16,17)10-3-2-9(7-13-10)14-11(15)8-4-5-12-6-8/h2-3,7-8,12H,4-6H2,1H3,(H,14,15). The molecule has 1 fully saturated rings. The van der Waals surface area contributed by atoms with Gasteiger partial charge in [0.05, 0.1) is 17.8 Å². The molecule has 0 bridgehead atoms. The Morgan fingerprint density at radius 2 is 2.28 bits per heavy atom. The maximum Gasteiger partial charge on any atom is 0.228 e. The fourth-order valence-electron chi connectivity index (χ4n) is 1.80. The van der Waals surface area contributed by atoms with Gasteiger partial charge in [-0.1, -0.05) is 0 Å². The van der Waals surface area contributed by atoms with Crippen molar-refractivity contribution in [3.8, 4) is 0 Å². The summed E-state index contributed by atoms with van der Waals surface area (Å²) in [6.45, 7) is 1.53. The number of pyridine rings is 1. The summed E-state index contributed by atoms with van der Waals surface area (Å²) in [5, 5.41) is 5.84. The van der Waals surface area contributed by atoms with E-state index in [1.165, 1.54) is 12.3 Å². The first kappa shape index (κ1) is 13.0. The summed E-state index contributed by atoms with van der Waals surface area (Å²) >= 11 is 0. The molecule has 1 atom stereocenters. The van der Waals surface area contributed by atoms with Gasteiger partial charge < -0.3 is 10.6 Å². The molecule has 6 nitrogen and oxygen atoms in total. The fraction of sp³-hybridized carbons (Fsp3) is 0.455. The van der Waals surface area contributed by atoms with E-state index in [0.29, 0.717) is 12.2 Å². The van der Waals surface area contributed by atoms with Gasteiger partial charge in [-0.05, 0) is 25.1 Å². The van der Waals surface area contributed by atoms with Crippen LogP contribution >= 0.6 is 0 Å². The highest BCUT2D eigenvalue weighted by Gasteiger charge is 2.22. The zero-order chi connectivity index (χ0) is 13.2. The molecule has 1 saturated heterocycles. The summed E-state index contributed by atoms with van der Waals surface area (Å²) in [6.07, 6.45) is 3.27. The van der Waals surface area contributed by atoms with Crippen molar-refractivity contribution in [2.45, 2.75) is 11.4 Å². The molecule has 18 heavy (non-hydrogen) atoms. The number of amides is 1. The summed E-state index contributed by atoms with van der Waals surface area (Å²) in [4.78, 5) is 15.6. The van der Waals surface area contributed by atoms with Gasteiger partial charge in [0.25, 0.3) is 0 Å². The van der Waals surface area contributed by atoms with E-state index in [0.717, 1.165) is 19.2 Å². The van der Waals surface area contributed by atoms with Gasteiger partial charge in [0.15, 0.2) is 14.9 Å². The van der Waals surface area contributed by atoms with Crippen molar-refractivity contribution in [1.82, 2.24) is 10.3 Å². The van der Waals surface area contributed by atoms with Crippen LogP contribution in [-0.2, 0) is 14.6 Å². The van der Waals surface area contributed by atoms with Gasteiger partial charge in [0.2, 0.25) is 5.91 Å². The van der Waals surface area contributed by atoms with E-state index in [1.54, 1.807) is 6.07 Å². The molecule has 2 N–H and O–H groups in total. The third-order valence-corrected chi connectivity index (χ3v) is 3.82. The summed E-state index contributed by atoms with van der Waals surface area (Å²) in [5.74, 6) is -0.0894. The highest BCUT2D eigenvalue weighted by molar-refractivity contribution is 7.90. The molecule has 2 heterocycles. The maximum absolute atomic E-state index is 11.8. The van der Waals surface area contributed by atoms with Crippen LogP contribution in [0.25, 0.3) is 0 Å². The smallest absolute Gasteiger partial charge is 0.228 e. The van der Waals surface area contributed by atoms with Gasteiger partial charge in [-0.2, -0.15) is 0 Å². The number of carbonyl (C=O) groups excluding carboxylic acids is 1. The van der Waals surface area contributed by atoms with Crippen LogP contribution in [0.2, 0.25) is 0 Å². The molecule has 1 amide bonds. The Morgan fingerprint density at radius 3 is 2.78 bits per heavy atom. The molecule has 1 aromatic heterocycles. The van der Waals surface area contributed by atoms with Crippen molar-refractivity contribution >= 4 is 21.4 Å². The highest BCUT2D eigenvalue weighted by atomic mass is 32.2. The van der Waals surface area contributed by atoms with Crippen molar-refractivity contribution in [2.75, 3.05) is 24.7 Å². The number of sulfone groups is 1. The van der Waals surface area contributed by atoms with Crippen LogP contribution in [-0.4, -0.2) is 38.7 Å². The quantitative estimate of drug-likeness (QED) is 0.808. The molecular formula is C11H15N3O3S. The highest BCUT2D eigenvalue weighted by Crippen LogP contribution is 2.14. The lowest BCUT2D eigenvalue weighted by Gasteiger charge is -2.09. The number of nitrogens with zero attached hydrogens (tertiary/aromatic N) is 1. The van der Waals surface area contributed by atoms with Crippen LogP contribution in [0.1, 0.15) is 6.42 Å². The van der Waals surface area contributed by atoms with E-state index in [-0.39, 0.29) is 16.9 Å². The molecule has 98 valence electrons. The van der Waals surface area contributed by atoms with E-state index in [1.807, 2.05) is 0 Å². The SMILES string of the molecule is CS(=O)(=O)c1ccc(NC(=O)C2CCNC2)cn1. The summed E-state index contributed by atoms with van der Waals surface area (Å²) < 4.78 is 22.4. The Balaban J connectivity index is 2.04. The lowest BCUT2D eigenvalue weighted by atomic mass is 10.1. The van der Waals surface area contributed by atoms with E-state index in [4.69, 9.17) is 0 Å². The van der Waals surface area contributed by atoms with Gasteiger partial charge in [0.1, 0.15) is 0 Å². The summed E-state index contributed by atoms with van der Waals surface area (Å²) in [5.41, 5.74) is 0.513. The molecule has 0 saturated carbocycles. The maximum atomic E-state index is 11.8. The number of nitrogens with one attached hydrogen (secondary N) is 2. The number of rotatable bonds is 3. The van der Waals surface area contributed by atoms with E-state index < -0.39 is 9.84 Å². The first-order chi connectivity index (χ1) is 8.47. The molecule has 1 aromatic rings. The summed E-state index contributed by atoms with van der Waals surface area (Å²) in [7, 11) is -3.30. The van der Waals surface area contributed by atoms with Crippen LogP contribution in [0.5, 0.6) is 0 Å². The van der Waals surface area contributed by atoms with Crippen molar-refractivity contribution in [1.29, 1.82) is 0 Å². The molecule has 0 spiro atoms. The topological polar surface area (TPSA) is 88.2 Å². The predicted octanol–water partition coefficient (Wildman–Crippen LogP) is 0.0331. The minimum atomic E-state index is -3.30. The largest absolute Gasteiger partial charge is 0.324 e. The van der Waals surface area contributed by atoms with Crippen molar-refractivity contribution < 1.29 is 13.2 Å². The Hall–Kier alpha value is -1.47. The molecule has 0 radical (unpaired) electrons. The molecule has 1 unspecified atom stereocenters. The first-order valence-electron chi connectivity index (χ1n) is 5.64. The molecule has 1 aliphatic heterocycles. The predicted molar refractivity (Wildman–Crippen MR) is 67.0 cm³/mol. The van der Waals surface area contributed by atoms with E-state index >= 15 is 0 Å². The minimum absolute atomic E-state index is 0.00281. The van der Waals surface area contributed by atoms with Crippen LogP contribution in [0.3, 0.4) is 0 Å². The number of carbonyl (C=O) groups is 1. The van der Waals surface area contributed by atoms with Crippen molar-refractivity contribution in [2.24, 2.45) is 5.92 Å². The van der Waals surface area contributed by atoms with Gasteiger partial charge in [-0.3, -0.25) is 4.79 Å². The molecule has 7 heteroatoms. The minimum Gasteiger partial charge on any atom is -0.324 e. The van der Waals surface area contributed by atoms with Crippen molar-refractivity contribution in [3.63, 3.8) is 0 Å². The van der Waals surface area contributed by atoms with E-state index in [9.17, 15) is 13.2 Å². The molecule has 0 aliphatic carbocycles. The lowest BCUT2D eigenvalue weighted by molar-refractivity contribution is -0.119. The normalized spacial score (nSPS) is 19.7. The van der Waals surface area contributed by atoms with E-state index in [2.05, 4.69) is 15.6 Å². The first-order valence-corrected chi connectivity index (χ1v) is 7.53. The second-order valence-electron chi connectivity index (χ2n) is 4.34. The summed E-state index contributed by atoms with van der Waals surface area (Å²) in [6, 6.07) is 2.93. The Morgan fingerprint density at radius 1 is 1.50 bits per heavy atom. The molecule has 1 aliphatic rings. The Labute approximate surface area is 106 Å². The molecular weight excluding hydrogens is 254 g/mol. The average Bonchev–Trinajstić information content (AvgIpc) is 2.82. The van der Waals surface area contributed by atoms with Crippen LogP contribution in [0, 0.1) is 5.92 Å². The third-order valence-electron chi connectivity index (χ3n) is 2.81. The zero-order valence-electron chi connectivity index (χ0n) is 10.0. The van der Waals surface area contributed by atoms with Gasteiger partial charge in [0, 0.05) is 12.8 Å². The van der Waals surface area contributed by atoms with Crippen molar-refractivity contribution in [3.05, 3.63) is 18.3 Å². The number of hydrogen-bond acceptors (Lipinski definition) is 5. The zero-order valence-corrected chi connectivity index (χ0v) is 10.8. The lowest BCUT2D eigenvalue weighted by Crippen LogP contribution is -2.24. The fourth-order valence-corrected chi connectivity index (χ4v) is 2.36. The number of aromatic nitrogens is 1. The molecule has 2 rings (SSSR count). The Kier molecular flexibility index (Phi) is 3.63. The van der Waals surface area contributed by atoms with Crippen LogP contribution in [0.15, 0.2) is 23.4 Å². The second-order valence-corrected chi connectivity index (χ2v) is 6.30. The van der Waals surface area contributed by atoms with Gasteiger partial charge in [-0.15, -0.1) is 0 Å². The number of hydrogen-bond donors (Lipinski definition) is 2. The van der Waals surface area contributed by atoms with Gasteiger partial charge in [-0.25, -0.2) is 13.4 Å². The Bertz CT molecular complexity index is 533. The van der Waals surface area contributed by atoms with Crippen LogP contribution in [0.4, 0.5) is 5.69 Å². The molecule has 0 aromatic carbocycles.